The normalized spacial score (nSPS) is 11.7. The van der Waals surface area contributed by atoms with Gasteiger partial charge in [-0.15, -0.1) is 0 Å². The minimum absolute atomic E-state index is 0.635. The zero-order chi connectivity index (χ0) is 37.0. The number of para-hydroxylation sites is 1. The molecule has 0 spiro atoms. The monoisotopic (exact) mass is 716 g/mol. The van der Waals surface area contributed by atoms with Crippen LogP contribution in [0, 0.1) is 0 Å². The van der Waals surface area contributed by atoms with Gasteiger partial charge in [-0.2, -0.15) is 0 Å². The maximum Gasteiger partial charge on any atom is 0.164 e. The molecule has 56 heavy (non-hydrogen) atoms. The molecular formula is C51H32N4O. The molecule has 0 atom stereocenters. The molecule has 2 aromatic heterocycles. The molecule has 1 aliphatic heterocycles. The highest BCUT2D eigenvalue weighted by Gasteiger charge is 2.24. The van der Waals surface area contributed by atoms with Crippen LogP contribution in [0.3, 0.4) is 0 Å². The van der Waals surface area contributed by atoms with Crippen molar-refractivity contribution in [3.05, 3.63) is 194 Å². The van der Waals surface area contributed by atoms with E-state index in [0.29, 0.717) is 17.5 Å². The summed E-state index contributed by atoms with van der Waals surface area (Å²) in [6, 6.07) is 67.5. The molecule has 1 aliphatic rings. The summed E-state index contributed by atoms with van der Waals surface area (Å²) in [6.07, 6.45) is 0. The summed E-state index contributed by atoms with van der Waals surface area (Å²) in [7, 11) is 0. The fourth-order valence-corrected chi connectivity index (χ4v) is 7.91. The average molecular weight is 717 g/mol. The zero-order valence-corrected chi connectivity index (χ0v) is 30.2. The molecule has 5 nitrogen and oxygen atoms in total. The van der Waals surface area contributed by atoms with Crippen LogP contribution in [-0.4, -0.2) is 19.5 Å². The molecule has 0 unspecified atom stereocenters. The molecule has 11 rings (SSSR count). The summed E-state index contributed by atoms with van der Waals surface area (Å²) in [5.41, 5.74) is 12.9. The van der Waals surface area contributed by atoms with Gasteiger partial charge in [0.15, 0.2) is 29.0 Å². The minimum atomic E-state index is 0.635. The average Bonchev–Trinajstić information content (AvgIpc) is 3.62. The van der Waals surface area contributed by atoms with Crippen LogP contribution < -0.4 is 4.74 Å². The van der Waals surface area contributed by atoms with Crippen LogP contribution in [-0.2, 0) is 0 Å². The second kappa shape index (κ2) is 13.0. The fraction of sp³-hybridized carbons (Fsp3) is 0. The Hall–Kier alpha value is -7.63. The van der Waals surface area contributed by atoms with Crippen LogP contribution in [0.25, 0.3) is 95.0 Å². The molecule has 0 amide bonds. The summed E-state index contributed by atoms with van der Waals surface area (Å²) in [6.45, 7) is 0. The third-order valence-corrected chi connectivity index (χ3v) is 10.6. The molecule has 262 valence electrons. The van der Waals surface area contributed by atoms with Crippen LogP contribution in [0.1, 0.15) is 0 Å². The summed E-state index contributed by atoms with van der Waals surface area (Å²) in [5, 5.41) is 2.36. The first-order chi connectivity index (χ1) is 27.7. The van der Waals surface area contributed by atoms with Crippen molar-refractivity contribution in [3.8, 4) is 84.7 Å². The van der Waals surface area contributed by atoms with E-state index in [1.165, 1.54) is 16.3 Å². The number of hydrogen-bond donors (Lipinski definition) is 0. The van der Waals surface area contributed by atoms with Crippen LogP contribution >= 0.6 is 0 Å². The van der Waals surface area contributed by atoms with Gasteiger partial charge in [0.2, 0.25) is 0 Å². The van der Waals surface area contributed by atoms with Crippen molar-refractivity contribution in [2.45, 2.75) is 0 Å². The second-order valence-electron chi connectivity index (χ2n) is 14.1. The second-order valence-corrected chi connectivity index (χ2v) is 14.1. The van der Waals surface area contributed by atoms with Gasteiger partial charge in [-0.25, -0.2) is 15.0 Å². The van der Waals surface area contributed by atoms with Crippen molar-refractivity contribution >= 4 is 21.8 Å². The number of hydrogen-bond acceptors (Lipinski definition) is 4. The molecule has 0 radical (unpaired) electrons. The molecule has 0 bridgehead atoms. The zero-order valence-electron chi connectivity index (χ0n) is 30.2. The van der Waals surface area contributed by atoms with E-state index in [4.69, 9.17) is 19.7 Å². The van der Waals surface area contributed by atoms with Crippen LogP contribution in [0.2, 0.25) is 0 Å². The third-order valence-electron chi connectivity index (χ3n) is 10.6. The number of fused-ring (bicyclic) bond motifs is 5. The maximum atomic E-state index is 6.59. The first-order valence-corrected chi connectivity index (χ1v) is 18.8. The van der Waals surface area contributed by atoms with Gasteiger partial charge < -0.3 is 9.30 Å². The number of nitrogens with zero attached hydrogens (tertiary/aromatic N) is 4. The van der Waals surface area contributed by atoms with Crippen molar-refractivity contribution in [3.63, 3.8) is 0 Å². The smallest absolute Gasteiger partial charge is 0.164 e. The molecule has 0 saturated heterocycles. The molecule has 8 aromatic carbocycles. The van der Waals surface area contributed by atoms with E-state index in [1.807, 2.05) is 66.7 Å². The van der Waals surface area contributed by atoms with Gasteiger partial charge in [0.05, 0.1) is 16.7 Å². The van der Waals surface area contributed by atoms with E-state index in [1.54, 1.807) is 0 Å². The van der Waals surface area contributed by atoms with E-state index in [-0.39, 0.29) is 0 Å². The largest absolute Gasteiger partial charge is 0.453 e. The minimum Gasteiger partial charge on any atom is -0.453 e. The van der Waals surface area contributed by atoms with Crippen LogP contribution in [0.15, 0.2) is 194 Å². The molecule has 0 aliphatic carbocycles. The lowest BCUT2D eigenvalue weighted by Crippen LogP contribution is -2.04. The first-order valence-electron chi connectivity index (χ1n) is 18.8. The van der Waals surface area contributed by atoms with Gasteiger partial charge in [-0.1, -0.05) is 152 Å². The van der Waals surface area contributed by atoms with Crippen molar-refractivity contribution in [2.24, 2.45) is 0 Å². The Morgan fingerprint density at radius 3 is 1.45 bits per heavy atom. The predicted molar refractivity (Wildman–Crippen MR) is 227 cm³/mol. The molecule has 0 fully saturated rings. The number of rotatable bonds is 6. The lowest BCUT2D eigenvalue weighted by atomic mass is 9.97. The standard InChI is InChI=1S/C51H32N4O/c1-4-13-33(14-5-1)40-26-28-45-47(32-40)56-46-24-12-23-42-43-31-39(25-27-44(43)55(45)48(42)46)37-20-10-19-36(29-37)38-21-11-22-41(30-38)51-53-49(34-15-6-2-7-16-34)52-50(54-51)35-17-8-3-9-18-35/h1-32H. The Bertz CT molecular complexity index is 3040. The van der Waals surface area contributed by atoms with E-state index in [0.717, 1.165) is 72.7 Å². The Balaban J connectivity index is 0.978. The SMILES string of the molecule is c1ccc(-c2ccc3c(c2)Oc2cccc4c5cc(-c6cccc(-c7cccc(-c8nc(-c9ccccc9)nc(-c9ccccc9)n8)c7)c6)ccc5n-3c24)cc1. The summed E-state index contributed by atoms with van der Waals surface area (Å²) in [4.78, 5) is 14.8. The highest BCUT2D eigenvalue weighted by Crippen LogP contribution is 2.47. The summed E-state index contributed by atoms with van der Waals surface area (Å²) >= 11 is 0. The highest BCUT2D eigenvalue weighted by molar-refractivity contribution is 6.13. The lowest BCUT2D eigenvalue weighted by Gasteiger charge is -2.21. The molecule has 10 aromatic rings. The third kappa shape index (κ3) is 5.45. The molecule has 0 saturated carbocycles. The van der Waals surface area contributed by atoms with Gasteiger partial charge in [0, 0.05) is 27.5 Å². The topological polar surface area (TPSA) is 52.8 Å². The van der Waals surface area contributed by atoms with Crippen LogP contribution in [0.5, 0.6) is 11.5 Å². The van der Waals surface area contributed by atoms with Crippen molar-refractivity contribution in [1.82, 2.24) is 19.5 Å². The van der Waals surface area contributed by atoms with Crippen molar-refractivity contribution in [1.29, 1.82) is 0 Å². The highest BCUT2D eigenvalue weighted by atomic mass is 16.5. The molecule has 5 heteroatoms. The van der Waals surface area contributed by atoms with E-state index < -0.39 is 0 Å². The van der Waals surface area contributed by atoms with Gasteiger partial charge in [0.25, 0.3) is 0 Å². The van der Waals surface area contributed by atoms with Crippen molar-refractivity contribution in [2.75, 3.05) is 0 Å². The van der Waals surface area contributed by atoms with Gasteiger partial charge in [-0.05, 0) is 75.8 Å². The lowest BCUT2D eigenvalue weighted by molar-refractivity contribution is 0.476. The number of aromatic nitrogens is 4. The Morgan fingerprint density at radius 2 is 0.804 bits per heavy atom. The van der Waals surface area contributed by atoms with E-state index in [9.17, 15) is 0 Å². The Labute approximate surface area is 323 Å². The Morgan fingerprint density at radius 1 is 0.321 bits per heavy atom. The summed E-state index contributed by atoms with van der Waals surface area (Å²) in [5.74, 6) is 3.65. The number of ether oxygens (including phenoxy) is 1. The maximum absolute atomic E-state index is 6.59. The van der Waals surface area contributed by atoms with Gasteiger partial charge >= 0.3 is 0 Å². The molecule has 0 N–H and O–H groups in total. The fourth-order valence-electron chi connectivity index (χ4n) is 7.91. The van der Waals surface area contributed by atoms with Gasteiger partial charge in [-0.3, -0.25) is 0 Å². The molecular weight excluding hydrogens is 685 g/mol. The predicted octanol–water partition coefficient (Wildman–Crippen LogP) is 13.1. The Kier molecular flexibility index (Phi) is 7.42. The summed E-state index contributed by atoms with van der Waals surface area (Å²) < 4.78 is 8.94. The van der Waals surface area contributed by atoms with Gasteiger partial charge in [0.1, 0.15) is 0 Å². The number of benzene rings is 8. The first kappa shape index (κ1) is 31.9. The van der Waals surface area contributed by atoms with E-state index in [2.05, 4.69) is 132 Å². The van der Waals surface area contributed by atoms with Crippen molar-refractivity contribution < 1.29 is 4.74 Å². The van der Waals surface area contributed by atoms with E-state index >= 15 is 0 Å². The quantitative estimate of drug-likeness (QED) is 0.172. The van der Waals surface area contributed by atoms with Crippen LogP contribution in [0.4, 0.5) is 0 Å². The molecule has 3 heterocycles.